The number of phenolic OH excluding ortho intramolecular Hbond substituents is 2. The molecule has 0 aromatic heterocycles. The molecule has 0 fully saturated rings. The normalized spacial score (nSPS) is 10.4. The summed E-state index contributed by atoms with van der Waals surface area (Å²) in [5, 5.41) is 19.3. The lowest BCUT2D eigenvalue weighted by Gasteiger charge is -2.26. The molecular weight excluding hydrogens is 252 g/mol. The van der Waals surface area contributed by atoms with E-state index in [0.717, 1.165) is 0 Å². The summed E-state index contributed by atoms with van der Waals surface area (Å²) in [4.78, 5) is 13.8. The number of nitrogens with two attached hydrogens (primary N) is 1. The molecule has 0 aliphatic rings. The average Bonchev–Trinajstić information content (AvgIpc) is 2.24. The van der Waals surface area contributed by atoms with Gasteiger partial charge in [0.15, 0.2) is 0 Å². The van der Waals surface area contributed by atoms with Crippen molar-refractivity contribution in [3.05, 3.63) is 23.8 Å². The highest BCUT2D eigenvalue weighted by Crippen LogP contribution is 2.28. The number of nitrogens with zero attached hydrogens (tertiary/aromatic N) is 1. The van der Waals surface area contributed by atoms with Gasteiger partial charge in [0.25, 0.3) is 5.91 Å². The standard InChI is InChI=1S/C12H16N2O3S/c1-7(2)14(6-10(13)18)12(17)11-8(15)4-3-5-9(11)16/h3-5,7,15-16H,6H2,1-2H3,(H2,13,18). The van der Waals surface area contributed by atoms with E-state index in [2.05, 4.69) is 0 Å². The van der Waals surface area contributed by atoms with E-state index >= 15 is 0 Å². The molecule has 1 rings (SSSR count). The van der Waals surface area contributed by atoms with Gasteiger partial charge in [0.2, 0.25) is 0 Å². The Balaban J connectivity index is 3.14. The van der Waals surface area contributed by atoms with Crippen LogP contribution in [0.1, 0.15) is 24.2 Å². The highest BCUT2D eigenvalue weighted by atomic mass is 32.1. The van der Waals surface area contributed by atoms with Crippen LogP contribution in [-0.4, -0.2) is 38.6 Å². The first kappa shape index (κ1) is 14.2. The smallest absolute Gasteiger partial charge is 0.262 e. The molecule has 0 atom stereocenters. The van der Waals surface area contributed by atoms with Crippen molar-refractivity contribution in [3.8, 4) is 11.5 Å². The molecule has 5 nitrogen and oxygen atoms in total. The van der Waals surface area contributed by atoms with E-state index in [1.54, 1.807) is 13.8 Å². The molecule has 1 aromatic carbocycles. The SMILES string of the molecule is CC(C)N(CC(N)=S)C(=O)c1c(O)cccc1O. The molecule has 0 aliphatic heterocycles. The fraction of sp³-hybridized carbons (Fsp3) is 0.333. The predicted octanol–water partition coefficient (Wildman–Crippen LogP) is 1.23. The van der Waals surface area contributed by atoms with Gasteiger partial charge in [0.05, 0.1) is 11.5 Å². The van der Waals surface area contributed by atoms with Gasteiger partial charge in [-0.2, -0.15) is 0 Å². The van der Waals surface area contributed by atoms with Crippen LogP contribution in [0.2, 0.25) is 0 Å². The molecule has 0 unspecified atom stereocenters. The molecule has 0 aliphatic carbocycles. The Bertz CT molecular complexity index is 454. The topological polar surface area (TPSA) is 86.8 Å². The van der Waals surface area contributed by atoms with Crippen LogP contribution in [0.4, 0.5) is 0 Å². The largest absolute Gasteiger partial charge is 0.507 e. The molecule has 0 bridgehead atoms. The summed E-state index contributed by atoms with van der Waals surface area (Å²) in [5.41, 5.74) is 5.30. The van der Waals surface area contributed by atoms with Crippen molar-refractivity contribution in [3.63, 3.8) is 0 Å². The zero-order valence-corrected chi connectivity index (χ0v) is 11.1. The average molecular weight is 268 g/mol. The van der Waals surface area contributed by atoms with Gasteiger partial charge >= 0.3 is 0 Å². The van der Waals surface area contributed by atoms with Crippen LogP contribution in [0.3, 0.4) is 0 Å². The molecule has 1 aromatic rings. The second-order valence-corrected chi connectivity index (χ2v) is 4.69. The molecule has 1 amide bonds. The third kappa shape index (κ3) is 3.10. The summed E-state index contributed by atoms with van der Waals surface area (Å²) in [6.07, 6.45) is 0. The van der Waals surface area contributed by atoms with Crippen LogP contribution in [-0.2, 0) is 0 Å². The van der Waals surface area contributed by atoms with Gasteiger partial charge in [-0.1, -0.05) is 18.3 Å². The Kier molecular flexibility index (Phi) is 4.49. The van der Waals surface area contributed by atoms with Crippen molar-refractivity contribution in [1.82, 2.24) is 4.90 Å². The quantitative estimate of drug-likeness (QED) is 0.715. The van der Waals surface area contributed by atoms with E-state index in [1.807, 2.05) is 0 Å². The fourth-order valence-corrected chi connectivity index (χ4v) is 1.69. The van der Waals surface area contributed by atoms with E-state index in [9.17, 15) is 15.0 Å². The summed E-state index contributed by atoms with van der Waals surface area (Å²) < 4.78 is 0. The maximum atomic E-state index is 12.3. The van der Waals surface area contributed by atoms with Gasteiger partial charge in [0, 0.05) is 6.04 Å². The number of phenols is 2. The van der Waals surface area contributed by atoms with Gasteiger partial charge in [-0.15, -0.1) is 0 Å². The maximum absolute atomic E-state index is 12.3. The van der Waals surface area contributed by atoms with Crippen molar-refractivity contribution in [2.75, 3.05) is 6.54 Å². The van der Waals surface area contributed by atoms with Gasteiger partial charge in [0.1, 0.15) is 17.1 Å². The molecule has 0 spiro atoms. The van der Waals surface area contributed by atoms with E-state index in [-0.39, 0.29) is 34.6 Å². The first-order valence-electron chi connectivity index (χ1n) is 5.44. The summed E-state index contributed by atoms with van der Waals surface area (Å²) in [7, 11) is 0. The third-order valence-corrected chi connectivity index (χ3v) is 2.57. The Morgan fingerprint density at radius 2 is 1.89 bits per heavy atom. The minimum atomic E-state index is -0.506. The number of rotatable bonds is 4. The second-order valence-electron chi connectivity index (χ2n) is 4.16. The second kappa shape index (κ2) is 5.68. The van der Waals surface area contributed by atoms with E-state index in [0.29, 0.717) is 0 Å². The molecule has 4 N–H and O–H groups in total. The van der Waals surface area contributed by atoms with Crippen LogP contribution in [0.15, 0.2) is 18.2 Å². The number of carbonyl (C=O) groups excluding carboxylic acids is 1. The van der Waals surface area contributed by atoms with Gasteiger partial charge < -0.3 is 20.8 Å². The Morgan fingerprint density at radius 1 is 1.39 bits per heavy atom. The lowest BCUT2D eigenvalue weighted by atomic mass is 10.1. The van der Waals surface area contributed by atoms with Crippen LogP contribution in [0, 0.1) is 0 Å². The van der Waals surface area contributed by atoms with Crippen LogP contribution < -0.4 is 5.73 Å². The van der Waals surface area contributed by atoms with Crippen LogP contribution in [0.5, 0.6) is 11.5 Å². The van der Waals surface area contributed by atoms with Gasteiger partial charge in [-0.3, -0.25) is 4.79 Å². The summed E-state index contributed by atoms with van der Waals surface area (Å²) in [5.74, 6) is -1.05. The molecule has 0 radical (unpaired) electrons. The fourth-order valence-electron chi connectivity index (χ4n) is 1.55. The molecule has 6 heteroatoms. The third-order valence-electron chi connectivity index (χ3n) is 2.44. The van der Waals surface area contributed by atoms with E-state index in [4.69, 9.17) is 18.0 Å². The number of amides is 1. The molecule has 0 saturated heterocycles. The zero-order chi connectivity index (χ0) is 13.9. The number of aromatic hydroxyl groups is 2. The van der Waals surface area contributed by atoms with Gasteiger partial charge in [-0.25, -0.2) is 0 Å². The summed E-state index contributed by atoms with van der Waals surface area (Å²) in [6, 6.07) is 3.98. The van der Waals surface area contributed by atoms with Crippen LogP contribution >= 0.6 is 12.2 Å². The maximum Gasteiger partial charge on any atom is 0.262 e. The monoisotopic (exact) mass is 268 g/mol. The number of benzene rings is 1. The Labute approximate surface area is 111 Å². The van der Waals surface area contributed by atoms with Crippen molar-refractivity contribution in [2.45, 2.75) is 19.9 Å². The number of carbonyl (C=O) groups is 1. The molecular formula is C12H16N2O3S. The first-order valence-corrected chi connectivity index (χ1v) is 5.85. The highest BCUT2D eigenvalue weighted by Gasteiger charge is 2.24. The minimum absolute atomic E-state index is 0.0968. The molecule has 18 heavy (non-hydrogen) atoms. The van der Waals surface area contributed by atoms with Gasteiger partial charge in [-0.05, 0) is 26.0 Å². The molecule has 0 saturated carbocycles. The minimum Gasteiger partial charge on any atom is -0.507 e. The lowest BCUT2D eigenvalue weighted by molar-refractivity contribution is 0.0730. The lowest BCUT2D eigenvalue weighted by Crippen LogP contribution is -2.42. The van der Waals surface area contributed by atoms with Crippen LogP contribution in [0.25, 0.3) is 0 Å². The van der Waals surface area contributed by atoms with Crippen molar-refractivity contribution < 1.29 is 15.0 Å². The zero-order valence-electron chi connectivity index (χ0n) is 10.3. The number of hydrogen-bond acceptors (Lipinski definition) is 4. The highest BCUT2D eigenvalue weighted by molar-refractivity contribution is 7.80. The van der Waals surface area contributed by atoms with Crippen molar-refractivity contribution in [2.24, 2.45) is 5.73 Å². The Hall–Kier alpha value is -1.82. The van der Waals surface area contributed by atoms with Crippen molar-refractivity contribution in [1.29, 1.82) is 0 Å². The van der Waals surface area contributed by atoms with Crippen molar-refractivity contribution >= 4 is 23.1 Å². The van der Waals surface area contributed by atoms with E-state index < -0.39 is 5.91 Å². The number of hydrogen-bond donors (Lipinski definition) is 3. The summed E-state index contributed by atoms with van der Waals surface area (Å²) in [6.45, 7) is 3.69. The Morgan fingerprint density at radius 3 is 2.28 bits per heavy atom. The molecule has 98 valence electrons. The summed E-state index contributed by atoms with van der Waals surface area (Å²) >= 11 is 4.78. The van der Waals surface area contributed by atoms with E-state index in [1.165, 1.54) is 23.1 Å². The predicted molar refractivity (Wildman–Crippen MR) is 72.7 cm³/mol. The number of thiocarbonyl (C=S) groups is 1. The first-order chi connectivity index (χ1) is 8.34. The molecule has 0 heterocycles.